The Morgan fingerprint density at radius 1 is 1.38 bits per heavy atom. The number of halogens is 1. The lowest BCUT2D eigenvalue weighted by Gasteiger charge is -2.11. The molecule has 0 aliphatic heterocycles. The van der Waals surface area contributed by atoms with Crippen molar-refractivity contribution in [2.24, 2.45) is 0 Å². The molecule has 1 aromatic heterocycles. The zero-order chi connectivity index (χ0) is 17.5. The van der Waals surface area contributed by atoms with Crippen molar-refractivity contribution in [1.82, 2.24) is 5.32 Å². The van der Waals surface area contributed by atoms with Gasteiger partial charge in [-0.05, 0) is 48.6 Å². The summed E-state index contributed by atoms with van der Waals surface area (Å²) in [5, 5.41) is 5.30. The average Bonchev–Trinajstić information content (AvgIpc) is 3.07. The third-order valence-corrected chi connectivity index (χ3v) is 4.57. The first-order chi connectivity index (χ1) is 11.5. The molecule has 24 heavy (non-hydrogen) atoms. The van der Waals surface area contributed by atoms with E-state index in [0.29, 0.717) is 11.6 Å². The first-order valence-corrected chi connectivity index (χ1v) is 8.66. The molecule has 0 aliphatic carbocycles. The highest BCUT2D eigenvalue weighted by Crippen LogP contribution is 2.17. The van der Waals surface area contributed by atoms with Crippen LogP contribution < -0.4 is 5.32 Å². The van der Waals surface area contributed by atoms with Crippen molar-refractivity contribution in [2.45, 2.75) is 26.5 Å². The molecule has 6 heteroatoms. The van der Waals surface area contributed by atoms with E-state index in [1.165, 1.54) is 13.0 Å². The van der Waals surface area contributed by atoms with E-state index in [1.807, 2.05) is 36.6 Å². The Morgan fingerprint density at radius 3 is 2.83 bits per heavy atom. The number of thiophene rings is 1. The summed E-state index contributed by atoms with van der Waals surface area (Å²) in [5.41, 5.74) is 1.75. The van der Waals surface area contributed by atoms with E-state index in [2.05, 4.69) is 5.32 Å². The Bertz CT molecular complexity index is 741. The Balaban J connectivity index is 1.82. The third-order valence-electron chi connectivity index (χ3n) is 3.29. The van der Waals surface area contributed by atoms with Crippen LogP contribution in [0.25, 0.3) is 6.08 Å². The van der Waals surface area contributed by atoms with Crippen molar-refractivity contribution < 1.29 is 14.3 Å². The number of amides is 1. The maximum atomic E-state index is 11.9. The Labute approximate surface area is 150 Å². The van der Waals surface area contributed by atoms with Crippen molar-refractivity contribution >= 4 is 40.9 Å². The zero-order valence-electron chi connectivity index (χ0n) is 13.4. The van der Waals surface area contributed by atoms with Gasteiger partial charge in [-0.1, -0.05) is 29.8 Å². The number of carbonyl (C=O) groups is 2. The molecule has 1 heterocycles. The van der Waals surface area contributed by atoms with Crippen LogP contribution in [0, 0.1) is 6.92 Å². The van der Waals surface area contributed by atoms with E-state index < -0.39 is 12.1 Å². The predicted molar refractivity (Wildman–Crippen MR) is 96.9 cm³/mol. The molecule has 1 N–H and O–H groups in total. The van der Waals surface area contributed by atoms with E-state index in [1.54, 1.807) is 23.5 Å². The maximum absolute atomic E-state index is 11.9. The lowest BCUT2D eigenvalue weighted by Crippen LogP contribution is -2.34. The minimum absolute atomic E-state index is 0.330. The number of benzene rings is 1. The predicted octanol–water partition coefficient (Wildman–Crippen LogP) is 3.97. The van der Waals surface area contributed by atoms with Crippen LogP contribution in [-0.2, 0) is 20.9 Å². The highest BCUT2D eigenvalue weighted by Gasteiger charge is 2.16. The van der Waals surface area contributed by atoms with Crippen LogP contribution in [0.2, 0.25) is 5.02 Å². The first kappa shape index (κ1) is 18.2. The molecule has 0 spiro atoms. The summed E-state index contributed by atoms with van der Waals surface area (Å²) >= 11 is 7.58. The van der Waals surface area contributed by atoms with Crippen molar-refractivity contribution in [2.75, 3.05) is 0 Å². The molecule has 0 radical (unpaired) electrons. The highest BCUT2D eigenvalue weighted by molar-refractivity contribution is 7.09. The molecule has 126 valence electrons. The molecule has 0 unspecified atom stereocenters. The topological polar surface area (TPSA) is 55.4 Å². The minimum atomic E-state index is -0.858. The minimum Gasteiger partial charge on any atom is -0.449 e. The highest BCUT2D eigenvalue weighted by atomic mass is 35.5. The zero-order valence-corrected chi connectivity index (χ0v) is 15.0. The van der Waals surface area contributed by atoms with E-state index in [4.69, 9.17) is 16.3 Å². The lowest BCUT2D eigenvalue weighted by molar-refractivity contribution is -0.150. The number of ether oxygens (including phenoxy) is 1. The van der Waals surface area contributed by atoms with Gasteiger partial charge in [0.2, 0.25) is 0 Å². The molecule has 0 bridgehead atoms. The number of nitrogens with one attached hydrogen (secondary N) is 1. The molecule has 2 aromatic rings. The average molecular weight is 364 g/mol. The van der Waals surface area contributed by atoms with Gasteiger partial charge < -0.3 is 10.1 Å². The number of esters is 1. The Kier molecular flexibility index (Phi) is 6.58. The van der Waals surface area contributed by atoms with Crippen LogP contribution in [0.3, 0.4) is 0 Å². The Hall–Kier alpha value is -2.11. The normalized spacial score (nSPS) is 12.1. The van der Waals surface area contributed by atoms with Gasteiger partial charge in [0.05, 0.1) is 6.54 Å². The van der Waals surface area contributed by atoms with Gasteiger partial charge >= 0.3 is 5.97 Å². The molecule has 1 amide bonds. The van der Waals surface area contributed by atoms with Gasteiger partial charge in [-0.15, -0.1) is 11.3 Å². The second-order valence-corrected chi connectivity index (χ2v) is 6.66. The summed E-state index contributed by atoms with van der Waals surface area (Å²) in [4.78, 5) is 24.7. The number of rotatable bonds is 6. The molecule has 0 aliphatic rings. The molecule has 4 nitrogen and oxygen atoms in total. The maximum Gasteiger partial charge on any atom is 0.331 e. The smallest absolute Gasteiger partial charge is 0.331 e. The largest absolute Gasteiger partial charge is 0.449 e. The summed E-state index contributed by atoms with van der Waals surface area (Å²) < 4.78 is 5.09. The van der Waals surface area contributed by atoms with Gasteiger partial charge in [-0.25, -0.2) is 4.79 Å². The van der Waals surface area contributed by atoms with Crippen LogP contribution in [0.5, 0.6) is 0 Å². The number of hydrogen-bond acceptors (Lipinski definition) is 4. The second kappa shape index (κ2) is 8.66. The fourth-order valence-electron chi connectivity index (χ4n) is 1.88. The third kappa shape index (κ3) is 5.51. The molecule has 0 saturated carbocycles. The standard InChI is InChI=1S/C18H18ClNO3S/c1-12-5-6-14(10-16(12)19)7-8-17(21)23-13(2)18(22)20-11-15-4-3-9-24-15/h3-10,13H,11H2,1-2H3,(H,20,22)/b8-7+/t13-/m1/s1. The second-order valence-electron chi connectivity index (χ2n) is 5.22. The summed E-state index contributed by atoms with van der Waals surface area (Å²) in [6, 6.07) is 9.32. The van der Waals surface area contributed by atoms with Gasteiger partial charge in [0, 0.05) is 16.0 Å². The molecule has 2 rings (SSSR count). The van der Waals surface area contributed by atoms with Crippen LogP contribution in [-0.4, -0.2) is 18.0 Å². The van der Waals surface area contributed by atoms with Crippen molar-refractivity contribution in [1.29, 1.82) is 0 Å². The summed E-state index contributed by atoms with van der Waals surface area (Å²) in [6.07, 6.45) is 2.03. The van der Waals surface area contributed by atoms with Crippen LogP contribution in [0.15, 0.2) is 41.8 Å². The summed E-state index contributed by atoms with van der Waals surface area (Å²) in [7, 11) is 0. The summed E-state index contributed by atoms with van der Waals surface area (Å²) in [5.74, 6) is -0.908. The number of hydrogen-bond donors (Lipinski definition) is 1. The van der Waals surface area contributed by atoms with Crippen molar-refractivity contribution in [3.05, 3.63) is 62.8 Å². The van der Waals surface area contributed by atoms with Crippen LogP contribution >= 0.6 is 22.9 Å². The van der Waals surface area contributed by atoms with Gasteiger partial charge in [0.15, 0.2) is 6.10 Å². The Morgan fingerprint density at radius 2 is 2.17 bits per heavy atom. The van der Waals surface area contributed by atoms with Gasteiger partial charge in [-0.2, -0.15) is 0 Å². The fourth-order valence-corrected chi connectivity index (χ4v) is 2.71. The van der Waals surface area contributed by atoms with Crippen molar-refractivity contribution in [3.8, 4) is 0 Å². The molecular weight excluding hydrogens is 346 g/mol. The molecule has 1 aromatic carbocycles. The molecule has 1 atom stereocenters. The van der Waals surface area contributed by atoms with Gasteiger partial charge in [0.25, 0.3) is 5.91 Å². The monoisotopic (exact) mass is 363 g/mol. The van der Waals surface area contributed by atoms with E-state index in [0.717, 1.165) is 16.0 Å². The van der Waals surface area contributed by atoms with Crippen LogP contribution in [0.4, 0.5) is 0 Å². The fraction of sp³-hybridized carbons (Fsp3) is 0.222. The van der Waals surface area contributed by atoms with E-state index in [9.17, 15) is 9.59 Å². The SMILES string of the molecule is Cc1ccc(/C=C/C(=O)O[C@H](C)C(=O)NCc2cccs2)cc1Cl. The molecular formula is C18H18ClNO3S. The van der Waals surface area contributed by atoms with Gasteiger partial charge in [0.1, 0.15) is 0 Å². The molecule has 0 fully saturated rings. The molecule has 0 saturated heterocycles. The number of carbonyl (C=O) groups excluding carboxylic acids is 2. The van der Waals surface area contributed by atoms with Crippen LogP contribution in [0.1, 0.15) is 22.9 Å². The van der Waals surface area contributed by atoms with E-state index in [-0.39, 0.29) is 5.91 Å². The lowest BCUT2D eigenvalue weighted by atomic mass is 10.1. The van der Waals surface area contributed by atoms with E-state index >= 15 is 0 Å². The number of aryl methyl sites for hydroxylation is 1. The van der Waals surface area contributed by atoms with Crippen molar-refractivity contribution in [3.63, 3.8) is 0 Å². The summed E-state index contributed by atoms with van der Waals surface area (Å²) in [6.45, 7) is 3.87. The quantitative estimate of drug-likeness (QED) is 0.624. The first-order valence-electron chi connectivity index (χ1n) is 7.40. The van der Waals surface area contributed by atoms with Gasteiger partial charge in [-0.3, -0.25) is 4.79 Å².